The highest BCUT2D eigenvalue weighted by Gasteiger charge is 2.30. The van der Waals surface area contributed by atoms with Gasteiger partial charge in [-0.1, -0.05) is 11.6 Å². The van der Waals surface area contributed by atoms with Crippen LogP contribution in [-0.2, 0) is 23.2 Å². The molecule has 0 bridgehead atoms. The molecule has 4 rings (SSSR count). The summed E-state index contributed by atoms with van der Waals surface area (Å²) in [6.45, 7) is 2.15. The predicted molar refractivity (Wildman–Crippen MR) is 125 cm³/mol. The summed E-state index contributed by atoms with van der Waals surface area (Å²) >= 11 is 0. The molecule has 34 heavy (non-hydrogen) atoms. The summed E-state index contributed by atoms with van der Waals surface area (Å²) in [5.74, 6) is 0.168. The van der Waals surface area contributed by atoms with E-state index in [4.69, 9.17) is 9.47 Å². The largest absolute Gasteiger partial charge is 0.490 e. The van der Waals surface area contributed by atoms with Crippen molar-refractivity contribution < 1.29 is 24.2 Å². The first-order valence-corrected chi connectivity index (χ1v) is 12.1. The highest BCUT2D eigenvalue weighted by Crippen LogP contribution is 2.32. The number of nitrogens with zero attached hydrogens (tertiary/aromatic N) is 4. The molecule has 2 aliphatic carbocycles. The number of carboxylic acid groups (broad SMARTS) is 1. The average molecular weight is 471 g/mol. The lowest BCUT2D eigenvalue weighted by Crippen LogP contribution is -2.42. The van der Waals surface area contributed by atoms with E-state index in [2.05, 4.69) is 17.2 Å². The molecule has 1 N–H and O–H groups in total. The van der Waals surface area contributed by atoms with E-state index in [1.807, 2.05) is 24.3 Å². The van der Waals surface area contributed by atoms with Gasteiger partial charge in [0.15, 0.2) is 0 Å². The summed E-state index contributed by atoms with van der Waals surface area (Å²) < 4.78 is 13.3. The van der Waals surface area contributed by atoms with Crippen molar-refractivity contribution >= 4 is 12.1 Å². The molecule has 9 heteroatoms. The van der Waals surface area contributed by atoms with Crippen molar-refractivity contribution in [2.75, 3.05) is 7.05 Å². The van der Waals surface area contributed by atoms with Crippen molar-refractivity contribution in [3.05, 3.63) is 30.0 Å². The third kappa shape index (κ3) is 5.34. The van der Waals surface area contributed by atoms with Crippen LogP contribution in [0.1, 0.15) is 57.6 Å². The number of hydrogen-bond donors (Lipinski definition) is 1. The van der Waals surface area contributed by atoms with Crippen molar-refractivity contribution in [2.24, 2.45) is 18.9 Å². The van der Waals surface area contributed by atoms with E-state index in [0.29, 0.717) is 35.9 Å². The molecule has 2 fully saturated rings. The van der Waals surface area contributed by atoms with Crippen molar-refractivity contribution in [3.8, 4) is 17.0 Å². The van der Waals surface area contributed by atoms with E-state index < -0.39 is 5.97 Å². The number of hydrogen-bond acceptors (Lipinski definition) is 6. The van der Waals surface area contributed by atoms with Crippen LogP contribution < -0.4 is 4.74 Å². The van der Waals surface area contributed by atoms with Crippen LogP contribution in [0.5, 0.6) is 5.75 Å². The number of carbonyl (C=O) groups excluding carboxylic acids is 1. The standard InChI is InChI=1S/C25H34N4O5/c1-16(17-6-4-7-17)28(2)25(32)33-15-22-23(26-27-29(22)3)18-10-12-20(13-11-18)34-21-9-5-8-19(14-21)24(30)31/h10-13,16-17,19,21H,4-9,14-15H2,1-3H3,(H,30,31)/t16?,19-,21-/m0/s1. The van der Waals surface area contributed by atoms with E-state index >= 15 is 0 Å². The van der Waals surface area contributed by atoms with Crippen LogP contribution in [0.15, 0.2) is 24.3 Å². The van der Waals surface area contributed by atoms with Gasteiger partial charge in [-0.25, -0.2) is 9.48 Å². The Labute approximate surface area is 200 Å². The van der Waals surface area contributed by atoms with Gasteiger partial charge in [-0.2, -0.15) is 0 Å². The molecule has 1 unspecified atom stereocenters. The maximum atomic E-state index is 12.6. The van der Waals surface area contributed by atoms with Crippen molar-refractivity contribution in [1.29, 1.82) is 0 Å². The highest BCUT2D eigenvalue weighted by molar-refractivity contribution is 5.70. The van der Waals surface area contributed by atoms with Crippen molar-refractivity contribution in [3.63, 3.8) is 0 Å². The molecule has 184 valence electrons. The van der Waals surface area contributed by atoms with Crippen LogP contribution in [0.2, 0.25) is 0 Å². The van der Waals surface area contributed by atoms with Gasteiger partial charge in [-0.05, 0) is 75.6 Å². The van der Waals surface area contributed by atoms with E-state index in [9.17, 15) is 14.7 Å². The van der Waals surface area contributed by atoms with Gasteiger partial charge in [0.2, 0.25) is 0 Å². The van der Waals surface area contributed by atoms with E-state index in [1.165, 1.54) is 6.42 Å². The third-order valence-electron chi connectivity index (χ3n) is 7.41. The number of carboxylic acids is 1. The molecule has 1 aromatic carbocycles. The molecule has 2 saturated carbocycles. The molecule has 2 aliphatic rings. The molecule has 3 atom stereocenters. The molecule has 0 radical (unpaired) electrons. The topological polar surface area (TPSA) is 107 Å². The number of rotatable bonds is 8. The fraction of sp³-hybridized carbons (Fsp3) is 0.600. The molecule has 0 aliphatic heterocycles. The Morgan fingerprint density at radius 3 is 2.53 bits per heavy atom. The lowest BCUT2D eigenvalue weighted by molar-refractivity contribution is -0.143. The van der Waals surface area contributed by atoms with Crippen LogP contribution in [0.3, 0.4) is 0 Å². The summed E-state index contributed by atoms with van der Waals surface area (Å²) in [5.41, 5.74) is 2.21. The van der Waals surface area contributed by atoms with Gasteiger partial charge >= 0.3 is 12.1 Å². The summed E-state index contributed by atoms with van der Waals surface area (Å²) in [4.78, 5) is 25.6. The fourth-order valence-electron chi connectivity index (χ4n) is 4.76. The molecule has 0 spiro atoms. The second kappa shape index (κ2) is 10.4. The lowest BCUT2D eigenvalue weighted by Gasteiger charge is -2.36. The Bertz CT molecular complexity index is 1000. The van der Waals surface area contributed by atoms with Crippen LogP contribution in [0, 0.1) is 11.8 Å². The van der Waals surface area contributed by atoms with Gasteiger partial charge < -0.3 is 19.5 Å². The molecular formula is C25H34N4O5. The van der Waals surface area contributed by atoms with Crippen LogP contribution in [0.4, 0.5) is 4.79 Å². The fourth-order valence-corrected chi connectivity index (χ4v) is 4.76. The Morgan fingerprint density at radius 2 is 1.88 bits per heavy atom. The summed E-state index contributed by atoms with van der Waals surface area (Å²) in [7, 11) is 3.57. The average Bonchev–Trinajstić information content (AvgIpc) is 3.16. The summed E-state index contributed by atoms with van der Waals surface area (Å²) in [6.07, 6.45) is 6.08. The van der Waals surface area contributed by atoms with Crippen molar-refractivity contribution in [2.45, 2.75) is 70.6 Å². The second-order valence-corrected chi connectivity index (χ2v) is 9.57. The molecule has 2 aromatic rings. The Morgan fingerprint density at radius 1 is 1.18 bits per heavy atom. The van der Waals surface area contributed by atoms with Gasteiger partial charge in [0, 0.05) is 25.7 Å². The van der Waals surface area contributed by atoms with Gasteiger partial charge in [-0.15, -0.1) is 5.10 Å². The molecule has 9 nitrogen and oxygen atoms in total. The SMILES string of the molecule is CC(C1CCC1)N(C)C(=O)OCc1c(-c2ccc(O[C@H]3CCC[C@H](C(=O)O)C3)cc2)nnn1C. The van der Waals surface area contributed by atoms with Gasteiger partial charge in [0.05, 0.1) is 12.0 Å². The third-order valence-corrected chi connectivity index (χ3v) is 7.41. The minimum atomic E-state index is -0.747. The van der Waals surface area contributed by atoms with Crippen molar-refractivity contribution in [1.82, 2.24) is 19.9 Å². The zero-order valence-corrected chi connectivity index (χ0v) is 20.1. The van der Waals surface area contributed by atoms with Crippen LogP contribution in [-0.4, -0.2) is 56.3 Å². The molecular weight excluding hydrogens is 436 g/mol. The summed E-state index contributed by atoms with van der Waals surface area (Å²) in [6, 6.07) is 7.67. The number of aliphatic carboxylic acids is 1. The summed E-state index contributed by atoms with van der Waals surface area (Å²) in [5, 5.41) is 17.7. The van der Waals surface area contributed by atoms with Crippen LogP contribution in [0.25, 0.3) is 11.3 Å². The molecule has 1 heterocycles. The Balaban J connectivity index is 1.37. The minimum Gasteiger partial charge on any atom is -0.490 e. The zero-order valence-electron chi connectivity index (χ0n) is 20.1. The predicted octanol–water partition coefficient (Wildman–Crippen LogP) is 4.26. The lowest BCUT2D eigenvalue weighted by atomic mass is 9.80. The Kier molecular flexibility index (Phi) is 7.38. The number of aryl methyl sites for hydroxylation is 1. The maximum absolute atomic E-state index is 12.6. The van der Waals surface area contributed by atoms with Gasteiger partial charge in [0.25, 0.3) is 0 Å². The number of ether oxygens (including phenoxy) is 2. The maximum Gasteiger partial charge on any atom is 0.410 e. The first kappa shape index (κ1) is 24.0. The molecule has 0 saturated heterocycles. The number of aromatic nitrogens is 3. The smallest absolute Gasteiger partial charge is 0.410 e. The first-order valence-electron chi connectivity index (χ1n) is 12.1. The normalized spacial score (nSPS) is 21.4. The van der Waals surface area contributed by atoms with E-state index in [-0.39, 0.29) is 30.8 Å². The quantitative estimate of drug-likeness (QED) is 0.614. The van der Waals surface area contributed by atoms with Gasteiger partial charge in [0.1, 0.15) is 23.7 Å². The molecule has 1 amide bonds. The van der Waals surface area contributed by atoms with E-state index in [1.54, 1.807) is 23.7 Å². The van der Waals surface area contributed by atoms with Gasteiger partial charge in [-0.3, -0.25) is 4.79 Å². The van der Waals surface area contributed by atoms with Crippen LogP contribution >= 0.6 is 0 Å². The molecule has 1 aromatic heterocycles. The monoisotopic (exact) mass is 470 g/mol. The number of carbonyl (C=O) groups is 2. The number of benzene rings is 1. The number of amides is 1. The highest BCUT2D eigenvalue weighted by atomic mass is 16.6. The minimum absolute atomic E-state index is 0.0797. The zero-order chi connectivity index (χ0) is 24.2. The Hall–Kier alpha value is -3.10. The second-order valence-electron chi connectivity index (χ2n) is 9.57. The first-order chi connectivity index (χ1) is 16.3. The van der Waals surface area contributed by atoms with E-state index in [0.717, 1.165) is 31.2 Å².